The number of pyridine rings is 1. The number of hydrogen-bond acceptors (Lipinski definition) is 2. The van der Waals surface area contributed by atoms with E-state index in [1.165, 1.54) is 6.07 Å². The first-order chi connectivity index (χ1) is 13.2. The minimum atomic E-state index is -0.244. The van der Waals surface area contributed by atoms with Gasteiger partial charge in [0.25, 0.3) is 0 Å². The van der Waals surface area contributed by atoms with Crippen LogP contribution in [0.5, 0.6) is 5.75 Å². The molecule has 1 atom stereocenters. The van der Waals surface area contributed by atoms with Gasteiger partial charge in [0, 0.05) is 28.3 Å². The number of ether oxygens (including phenoxy) is 1. The first kappa shape index (κ1) is 16.0. The van der Waals surface area contributed by atoms with E-state index in [1.807, 2.05) is 67.6 Å². The van der Waals surface area contributed by atoms with Crippen molar-refractivity contribution in [2.24, 2.45) is 0 Å². The molecule has 0 saturated carbocycles. The highest BCUT2D eigenvalue weighted by molar-refractivity contribution is 6.06. The van der Waals surface area contributed by atoms with Crippen LogP contribution in [-0.4, -0.2) is 11.1 Å². The lowest BCUT2D eigenvalue weighted by molar-refractivity contribution is 0.216. The Hall–Kier alpha value is -3.20. The highest BCUT2D eigenvalue weighted by atomic mass is 19.1. The number of rotatable bonds is 2. The molecule has 0 aliphatic carbocycles. The van der Waals surface area contributed by atoms with Gasteiger partial charge >= 0.3 is 0 Å². The molecule has 0 fully saturated rings. The van der Waals surface area contributed by atoms with E-state index in [2.05, 4.69) is 0 Å². The Kier molecular flexibility index (Phi) is 3.68. The van der Waals surface area contributed by atoms with Gasteiger partial charge in [-0.25, -0.2) is 4.39 Å². The van der Waals surface area contributed by atoms with Crippen molar-refractivity contribution >= 4 is 10.8 Å². The van der Waals surface area contributed by atoms with Gasteiger partial charge in [0.1, 0.15) is 17.7 Å². The molecule has 27 heavy (non-hydrogen) atoms. The lowest BCUT2D eigenvalue weighted by atomic mass is 9.90. The summed E-state index contributed by atoms with van der Waals surface area (Å²) in [6, 6.07) is 23.1. The van der Waals surface area contributed by atoms with Crippen LogP contribution in [0.2, 0.25) is 0 Å². The molecule has 1 unspecified atom stereocenters. The van der Waals surface area contributed by atoms with Crippen LogP contribution >= 0.6 is 0 Å². The zero-order valence-corrected chi connectivity index (χ0v) is 14.9. The summed E-state index contributed by atoms with van der Waals surface area (Å²) in [5.41, 5.74) is 4.47. The molecule has 2 heterocycles. The molecule has 1 aliphatic rings. The van der Waals surface area contributed by atoms with E-state index in [0.717, 1.165) is 33.5 Å². The molecule has 0 radical (unpaired) electrons. The van der Waals surface area contributed by atoms with Gasteiger partial charge in [-0.3, -0.25) is 4.98 Å². The maximum atomic E-state index is 15.2. The van der Waals surface area contributed by atoms with Crippen LogP contribution in [0.4, 0.5) is 4.39 Å². The van der Waals surface area contributed by atoms with Crippen molar-refractivity contribution in [3.63, 3.8) is 0 Å². The van der Waals surface area contributed by atoms with Crippen molar-refractivity contribution in [2.45, 2.75) is 19.4 Å². The molecule has 2 nitrogen and oxygen atoms in total. The lowest BCUT2D eigenvalue weighted by Gasteiger charge is -2.26. The maximum absolute atomic E-state index is 15.2. The largest absolute Gasteiger partial charge is 0.490 e. The number of nitrogens with zero attached hydrogens (tertiary/aromatic N) is 1. The van der Waals surface area contributed by atoms with Crippen molar-refractivity contribution in [1.29, 1.82) is 0 Å². The fourth-order valence-corrected chi connectivity index (χ4v) is 3.92. The lowest BCUT2D eigenvalue weighted by Crippen LogP contribution is -2.21. The Morgan fingerprint density at radius 2 is 1.52 bits per heavy atom. The third-order valence-corrected chi connectivity index (χ3v) is 5.06. The van der Waals surface area contributed by atoms with Gasteiger partial charge in [-0.05, 0) is 24.6 Å². The molecular weight excluding hydrogens is 337 g/mol. The first-order valence-corrected chi connectivity index (χ1v) is 9.15. The topological polar surface area (TPSA) is 22.1 Å². The normalized spacial score (nSPS) is 15.6. The summed E-state index contributed by atoms with van der Waals surface area (Å²) in [4.78, 5) is 5.02. The number of halogens is 1. The fraction of sp³-hybridized carbons (Fsp3) is 0.125. The van der Waals surface area contributed by atoms with Crippen LogP contribution in [0.3, 0.4) is 0 Å². The molecule has 0 N–H and O–H groups in total. The van der Waals surface area contributed by atoms with Crippen LogP contribution in [0, 0.1) is 5.82 Å². The summed E-state index contributed by atoms with van der Waals surface area (Å²) in [5, 5.41) is 1.39. The first-order valence-electron chi connectivity index (χ1n) is 9.15. The van der Waals surface area contributed by atoms with Crippen molar-refractivity contribution in [3.05, 3.63) is 84.3 Å². The third-order valence-electron chi connectivity index (χ3n) is 5.06. The minimum absolute atomic E-state index is 0.0184. The van der Waals surface area contributed by atoms with Gasteiger partial charge in [0.15, 0.2) is 0 Å². The summed E-state index contributed by atoms with van der Waals surface area (Å²) in [6.45, 7) is 2.02. The van der Waals surface area contributed by atoms with Gasteiger partial charge in [-0.1, -0.05) is 60.7 Å². The van der Waals surface area contributed by atoms with E-state index in [9.17, 15) is 0 Å². The number of aromatic nitrogens is 1. The van der Waals surface area contributed by atoms with Crippen LogP contribution in [0.15, 0.2) is 72.8 Å². The van der Waals surface area contributed by atoms with Crippen molar-refractivity contribution < 1.29 is 9.13 Å². The van der Waals surface area contributed by atoms with Crippen molar-refractivity contribution in [3.8, 4) is 28.1 Å². The van der Waals surface area contributed by atoms with Gasteiger partial charge < -0.3 is 4.74 Å². The molecule has 1 aromatic heterocycles. The quantitative estimate of drug-likeness (QED) is 0.438. The summed E-state index contributed by atoms with van der Waals surface area (Å²) >= 11 is 0. The Morgan fingerprint density at radius 3 is 2.22 bits per heavy atom. The zero-order valence-electron chi connectivity index (χ0n) is 14.9. The molecule has 0 saturated heterocycles. The number of hydrogen-bond donors (Lipinski definition) is 0. The standard InChI is InChI=1S/C24H18FNO/c1-15-14-19-23-20(27-15)13-12-18(25)22(23)21(16-8-4-2-5-9-16)24(26-19)17-10-6-3-7-11-17/h2-13,15H,14H2,1H3. The summed E-state index contributed by atoms with van der Waals surface area (Å²) in [6.07, 6.45) is 0.687. The van der Waals surface area contributed by atoms with Crippen molar-refractivity contribution in [2.75, 3.05) is 0 Å². The molecule has 0 amide bonds. The van der Waals surface area contributed by atoms with Crippen LogP contribution in [0.1, 0.15) is 12.6 Å². The summed E-state index contributed by atoms with van der Waals surface area (Å²) in [5.74, 6) is 0.469. The predicted octanol–water partition coefficient (Wildman–Crippen LogP) is 6.03. The van der Waals surface area contributed by atoms with E-state index in [-0.39, 0.29) is 11.9 Å². The zero-order chi connectivity index (χ0) is 18.4. The predicted molar refractivity (Wildman–Crippen MR) is 106 cm³/mol. The second-order valence-electron chi connectivity index (χ2n) is 6.94. The summed E-state index contributed by atoms with van der Waals surface area (Å²) in [7, 11) is 0. The van der Waals surface area contributed by atoms with E-state index in [1.54, 1.807) is 6.07 Å². The molecule has 3 heteroatoms. The third kappa shape index (κ3) is 2.58. The van der Waals surface area contributed by atoms with E-state index in [0.29, 0.717) is 17.6 Å². The molecule has 4 aromatic rings. The van der Waals surface area contributed by atoms with Gasteiger partial charge in [0.2, 0.25) is 0 Å². The average molecular weight is 355 g/mol. The van der Waals surface area contributed by atoms with Gasteiger partial charge in [-0.2, -0.15) is 0 Å². The van der Waals surface area contributed by atoms with E-state index in [4.69, 9.17) is 9.72 Å². The Morgan fingerprint density at radius 1 is 0.852 bits per heavy atom. The summed E-state index contributed by atoms with van der Waals surface area (Å²) < 4.78 is 21.2. The molecule has 1 aliphatic heterocycles. The molecule has 3 aromatic carbocycles. The molecule has 0 spiro atoms. The Balaban J connectivity index is 1.96. The molecule has 0 bridgehead atoms. The Labute approximate surface area is 157 Å². The maximum Gasteiger partial charge on any atom is 0.132 e. The van der Waals surface area contributed by atoms with Crippen LogP contribution in [-0.2, 0) is 6.42 Å². The van der Waals surface area contributed by atoms with Gasteiger partial charge in [-0.15, -0.1) is 0 Å². The number of benzene rings is 3. The minimum Gasteiger partial charge on any atom is -0.490 e. The SMILES string of the molecule is CC1Cc2nc(-c3ccccc3)c(-c3ccccc3)c3c(F)ccc(c23)O1. The van der Waals surface area contributed by atoms with E-state index >= 15 is 4.39 Å². The molecular formula is C24H18FNO. The molecule has 132 valence electrons. The highest BCUT2D eigenvalue weighted by Gasteiger charge is 2.26. The smallest absolute Gasteiger partial charge is 0.132 e. The second kappa shape index (κ2) is 6.20. The molecule has 5 rings (SSSR count). The fourth-order valence-electron chi connectivity index (χ4n) is 3.92. The highest BCUT2D eigenvalue weighted by Crippen LogP contribution is 2.44. The van der Waals surface area contributed by atoms with Crippen LogP contribution in [0.25, 0.3) is 33.2 Å². The van der Waals surface area contributed by atoms with Crippen LogP contribution < -0.4 is 4.74 Å². The van der Waals surface area contributed by atoms with Gasteiger partial charge in [0.05, 0.1) is 11.4 Å². The monoisotopic (exact) mass is 355 g/mol. The van der Waals surface area contributed by atoms with Crippen molar-refractivity contribution in [1.82, 2.24) is 4.98 Å². The van der Waals surface area contributed by atoms with E-state index < -0.39 is 0 Å². The Bertz CT molecular complexity index is 1140. The average Bonchev–Trinajstić information content (AvgIpc) is 2.71. The second-order valence-corrected chi connectivity index (χ2v) is 6.94.